The Bertz CT molecular complexity index is 604. The van der Waals surface area contributed by atoms with E-state index in [-0.39, 0.29) is 0 Å². The number of nitrogens with zero attached hydrogens (tertiary/aromatic N) is 1. The summed E-state index contributed by atoms with van der Waals surface area (Å²) in [6.45, 7) is 4.14. The number of benzene rings is 1. The Morgan fingerprint density at radius 1 is 1.35 bits per heavy atom. The Morgan fingerprint density at radius 3 is 2.41 bits per heavy atom. The zero-order valence-corrected chi connectivity index (χ0v) is 11.3. The monoisotopic (exact) mass is 275 g/mol. The fraction of sp³-hybridized carbons (Fsp3) is 0.300. The number of para-hydroxylation sites is 1. The second-order valence-electron chi connectivity index (χ2n) is 3.25. The molecular weight excluding hydrogens is 262 g/mol. The first-order valence-electron chi connectivity index (χ1n) is 4.69. The standard InChI is InChI=1S/C9H9NS.CH4O4S/c1-6-4-3-5-8-9(6)10-7(2)11-8;1-5-6(2,3)4/h3-5H,1-2H3;1H3,(H,2,3,4). The molecule has 0 saturated carbocycles. The third-order valence-electron chi connectivity index (χ3n) is 1.94. The first kappa shape index (κ1) is 14.0. The molecule has 0 atom stereocenters. The predicted octanol–water partition coefficient (Wildman–Crippen LogP) is 2.35. The zero-order valence-electron chi connectivity index (χ0n) is 9.67. The molecule has 0 saturated heterocycles. The van der Waals surface area contributed by atoms with Crippen molar-refractivity contribution in [2.45, 2.75) is 13.8 Å². The van der Waals surface area contributed by atoms with E-state index in [0.29, 0.717) is 0 Å². The third-order valence-corrected chi connectivity index (χ3v) is 3.30. The van der Waals surface area contributed by atoms with Crippen molar-refractivity contribution in [3.05, 3.63) is 28.8 Å². The van der Waals surface area contributed by atoms with Gasteiger partial charge >= 0.3 is 10.4 Å². The molecule has 1 aromatic carbocycles. The predicted molar refractivity (Wildman–Crippen MR) is 67.7 cm³/mol. The van der Waals surface area contributed by atoms with Gasteiger partial charge in [-0.05, 0) is 25.5 Å². The molecule has 7 heteroatoms. The molecule has 17 heavy (non-hydrogen) atoms. The number of thiazole rings is 1. The largest absolute Gasteiger partial charge is 0.397 e. The van der Waals surface area contributed by atoms with Crippen molar-refractivity contribution in [2.75, 3.05) is 7.11 Å². The Kier molecular flexibility index (Phi) is 4.58. The Balaban J connectivity index is 0.000000209. The lowest BCUT2D eigenvalue weighted by Crippen LogP contribution is -1.96. The minimum Gasteiger partial charge on any atom is -0.264 e. The molecule has 1 aromatic heterocycles. The van der Waals surface area contributed by atoms with Crippen LogP contribution in [0.15, 0.2) is 18.2 Å². The maximum absolute atomic E-state index is 9.33. The van der Waals surface area contributed by atoms with Crippen LogP contribution in [-0.2, 0) is 14.6 Å². The quantitative estimate of drug-likeness (QED) is 0.808. The molecule has 0 spiro atoms. The minimum absolute atomic E-state index is 0.870. The molecule has 2 rings (SSSR count). The number of rotatable bonds is 1. The van der Waals surface area contributed by atoms with Crippen molar-refractivity contribution >= 4 is 32.0 Å². The topological polar surface area (TPSA) is 76.5 Å². The summed E-state index contributed by atoms with van der Waals surface area (Å²) in [5.74, 6) is 0. The number of aromatic nitrogens is 1. The summed E-state index contributed by atoms with van der Waals surface area (Å²) in [7, 11) is -3.29. The first-order chi connectivity index (χ1) is 7.83. The van der Waals surface area contributed by atoms with E-state index < -0.39 is 10.4 Å². The van der Waals surface area contributed by atoms with Crippen molar-refractivity contribution in [2.24, 2.45) is 0 Å². The van der Waals surface area contributed by atoms with Crippen LogP contribution in [-0.4, -0.2) is 25.1 Å². The van der Waals surface area contributed by atoms with Gasteiger partial charge in [-0.1, -0.05) is 12.1 Å². The van der Waals surface area contributed by atoms with Crippen molar-refractivity contribution in [1.29, 1.82) is 0 Å². The number of hydrogen-bond donors (Lipinski definition) is 1. The second-order valence-corrected chi connectivity index (χ2v) is 5.67. The Hall–Kier alpha value is -1.02. The van der Waals surface area contributed by atoms with Gasteiger partial charge in [-0.15, -0.1) is 11.3 Å². The van der Waals surface area contributed by atoms with Crippen LogP contribution in [0.1, 0.15) is 10.6 Å². The lowest BCUT2D eigenvalue weighted by molar-refractivity contribution is 0.324. The van der Waals surface area contributed by atoms with Crippen molar-refractivity contribution < 1.29 is 17.2 Å². The average Bonchev–Trinajstić information content (AvgIpc) is 2.60. The molecule has 0 aliphatic carbocycles. The molecule has 0 bridgehead atoms. The van der Waals surface area contributed by atoms with Crippen LogP contribution in [0.4, 0.5) is 0 Å². The maximum Gasteiger partial charge on any atom is 0.397 e. The average molecular weight is 275 g/mol. The van der Waals surface area contributed by atoms with E-state index in [9.17, 15) is 8.42 Å². The van der Waals surface area contributed by atoms with Crippen LogP contribution in [0.3, 0.4) is 0 Å². The Morgan fingerprint density at radius 2 is 1.94 bits per heavy atom. The smallest absolute Gasteiger partial charge is 0.264 e. The molecule has 1 N–H and O–H groups in total. The SMILES string of the molecule is COS(=O)(=O)O.Cc1nc2c(C)cccc2s1. The zero-order chi connectivity index (χ0) is 13.1. The normalized spacial score (nSPS) is 11.1. The van der Waals surface area contributed by atoms with E-state index in [0.717, 1.165) is 17.6 Å². The van der Waals surface area contributed by atoms with Gasteiger partial charge in [0.25, 0.3) is 0 Å². The minimum atomic E-state index is -4.16. The van der Waals surface area contributed by atoms with Gasteiger partial charge < -0.3 is 0 Å². The van der Waals surface area contributed by atoms with E-state index in [4.69, 9.17) is 4.55 Å². The molecule has 0 aliphatic heterocycles. The highest BCUT2D eigenvalue weighted by atomic mass is 32.3. The summed E-state index contributed by atoms with van der Waals surface area (Å²) >= 11 is 1.76. The summed E-state index contributed by atoms with van der Waals surface area (Å²) in [6.07, 6.45) is 0. The maximum atomic E-state index is 9.33. The molecule has 0 fully saturated rings. The lowest BCUT2D eigenvalue weighted by atomic mass is 10.2. The summed E-state index contributed by atoms with van der Waals surface area (Å²) in [4.78, 5) is 4.43. The summed E-state index contributed by atoms with van der Waals surface area (Å²) < 4.78 is 31.0. The lowest BCUT2D eigenvalue weighted by Gasteiger charge is -1.90. The molecular formula is C10H13NO4S2. The van der Waals surface area contributed by atoms with Gasteiger partial charge in [0.2, 0.25) is 0 Å². The van der Waals surface area contributed by atoms with Crippen LogP contribution in [0.5, 0.6) is 0 Å². The van der Waals surface area contributed by atoms with E-state index in [1.165, 1.54) is 10.3 Å². The van der Waals surface area contributed by atoms with E-state index in [1.807, 2.05) is 6.92 Å². The molecule has 0 aliphatic rings. The van der Waals surface area contributed by atoms with Gasteiger partial charge in [-0.3, -0.25) is 8.74 Å². The summed E-state index contributed by atoms with van der Waals surface area (Å²) in [5, 5.41) is 1.15. The van der Waals surface area contributed by atoms with Gasteiger partial charge in [0.15, 0.2) is 0 Å². The van der Waals surface area contributed by atoms with Gasteiger partial charge in [0, 0.05) is 0 Å². The fourth-order valence-corrected chi connectivity index (χ4v) is 2.10. The summed E-state index contributed by atoms with van der Waals surface area (Å²) in [5.41, 5.74) is 2.43. The molecule has 0 unspecified atom stereocenters. The summed E-state index contributed by atoms with van der Waals surface area (Å²) in [6, 6.07) is 6.30. The van der Waals surface area contributed by atoms with Gasteiger partial charge in [0.1, 0.15) is 0 Å². The van der Waals surface area contributed by atoms with Crippen LogP contribution >= 0.6 is 11.3 Å². The highest BCUT2D eigenvalue weighted by molar-refractivity contribution is 7.80. The molecule has 0 radical (unpaired) electrons. The first-order valence-corrected chi connectivity index (χ1v) is 6.87. The van der Waals surface area contributed by atoms with Crippen LogP contribution < -0.4 is 0 Å². The van der Waals surface area contributed by atoms with E-state index >= 15 is 0 Å². The Labute approximate surface area is 104 Å². The molecule has 2 aromatic rings. The number of fused-ring (bicyclic) bond motifs is 1. The van der Waals surface area contributed by atoms with Crippen molar-refractivity contribution in [1.82, 2.24) is 4.98 Å². The van der Waals surface area contributed by atoms with Gasteiger partial charge in [-0.25, -0.2) is 4.98 Å². The van der Waals surface area contributed by atoms with Gasteiger partial charge in [-0.2, -0.15) is 8.42 Å². The van der Waals surface area contributed by atoms with E-state index in [1.54, 1.807) is 11.3 Å². The third kappa shape index (κ3) is 4.39. The second kappa shape index (κ2) is 5.54. The molecule has 1 heterocycles. The van der Waals surface area contributed by atoms with Crippen molar-refractivity contribution in [3.8, 4) is 0 Å². The van der Waals surface area contributed by atoms with Gasteiger partial charge in [0.05, 0.1) is 22.3 Å². The van der Waals surface area contributed by atoms with Crippen molar-refractivity contribution in [3.63, 3.8) is 0 Å². The molecule has 94 valence electrons. The van der Waals surface area contributed by atoms with Crippen LogP contribution in [0, 0.1) is 13.8 Å². The van der Waals surface area contributed by atoms with E-state index in [2.05, 4.69) is 34.3 Å². The van der Waals surface area contributed by atoms with Crippen LogP contribution in [0.25, 0.3) is 10.2 Å². The highest BCUT2D eigenvalue weighted by Crippen LogP contribution is 2.23. The fourth-order valence-electron chi connectivity index (χ4n) is 1.20. The van der Waals surface area contributed by atoms with Crippen LogP contribution in [0.2, 0.25) is 0 Å². The number of aryl methyl sites for hydroxylation is 2. The molecule has 5 nitrogen and oxygen atoms in total. The number of hydrogen-bond acceptors (Lipinski definition) is 5. The molecule has 0 amide bonds. The highest BCUT2D eigenvalue weighted by Gasteiger charge is 2.00.